The van der Waals surface area contributed by atoms with E-state index in [4.69, 9.17) is 0 Å². The Morgan fingerprint density at radius 3 is 2.83 bits per heavy atom. The van der Waals surface area contributed by atoms with E-state index in [-0.39, 0.29) is 0 Å². The summed E-state index contributed by atoms with van der Waals surface area (Å²) in [4.78, 5) is 12.6. The summed E-state index contributed by atoms with van der Waals surface area (Å²) in [6.07, 6.45) is 3.73. The molecule has 18 heavy (non-hydrogen) atoms. The van der Waals surface area contributed by atoms with E-state index in [0.717, 1.165) is 51.6 Å². The molecular weight excluding hydrogens is 226 g/mol. The summed E-state index contributed by atoms with van der Waals surface area (Å²) in [5.74, 6) is 1.07. The fraction of sp³-hybridized carbons (Fsp3) is 0.769. The second-order valence-corrected chi connectivity index (χ2v) is 4.87. The minimum absolute atomic E-state index is 0.360. The lowest BCUT2D eigenvalue weighted by molar-refractivity contribution is 0.179. The maximum absolute atomic E-state index is 4.38. The van der Waals surface area contributed by atoms with E-state index in [1.165, 1.54) is 0 Å². The van der Waals surface area contributed by atoms with Gasteiger partial charge in [-0.05, 0) is 13.5 Å². The summed E-state index contributed by atoms with van der Waals surface area (Å²) in [5, 5.41) is 3.51. The third kappa shape index (κ3) is 3.54. The first-order chi connectivity index (χ1) is 8.81. The molecule has 0 aliphatic carbocycles. The summed E-state index contributed by atoms with van der Waals surface area (Å²) in [5.41, 5.74) is 0. The van der Waals surface area contributed by atoms with Crippen LogP contribution in [-0.4, -0.2) is 65.6 Å². The number of nitrogens with zero attached hydrogens (tertiary/aromatic N) is 3. The lowest BCUT2D eigenvalue weighted by atomic mass is 10.2. The number of H-pyrrole nitrogens is 1. The van der Waals surface area contributed by atoms with Crippen LogP contribution in [-0.2, 0) is 0 Å². The van der Waals surface area contributed by atoms with Crippen LogP contribution in [0.15, 0.2) is 12.4 Å². The first-order valence-electron chi connectivity index (χ1n) is 6.97. The standard InChI is InChI=1S/C13H25N5/c1-3-17-8-6-14-7-9-18(11-10-17)12(2)13-15-4-5-16-13/h4-5,12,14H,3,6-11H2,1-2H3,(H,15,16). The van der Waals surface area contributed by atoms with E-state index in [2.05, 4.69) is 38.9 Å². The third-order valence-corrected chi connectivity index (χ3v) is 3.79. The van der Waals surface area contributed by atoms with Crippen molar-refractivity contribution in [2.75, 3.05) is 45.8 Å². The summed E-state index contributed by atoms with van der Waals surface area (Å²) in [7, 11) is 0. The van der Waals surface area contributed by atoms with Gasteiger partial charge in [-0.2, -0.15) is 0 Å². The number of likely N-dealkylation sites (N-methyl/N-ethyl adjacent to an activating group) is 1. The van der Waals surface area contributed by atoms with Gasteiger partial charge in [0.15, 0.2) is 0 Å². The van der Waals surface area contributed by atoms with E-state index in [1.807, 2.05) is 12.4 Å². The highest BCUT2D eigenvalue weighted by Crippen LogP contribution is 2.15. The van der Waals surface area contributed by atoms with E-state index in [0.29, 0.717) is 6.04 Å². The summed E-state index contributed by atoms with van der Waals surface area (Å²) in [6, 6.07) is 0.360. The van der Waals surface area contributed by atoms with Crippen molar-refractivity contribution < 1.29 is 0 Å². The topological polar surface area (TPSA) is 47.2 Å². The molecule has 2 heterocycles. The van der Waals surface area contributed by atoms with Crippen molar-refractivity contribution in [3.05, 3.63) is 18.2 Å². The molecule has 0 bridgehead atoms. The van der Waals surface area contributed by atoms with Gasteiger partial charge in [0.1, 0.15) is 5.82 Å². The van der Waals surface area contributed by atoms with Gasteiger partial charge in [-0.3, -0.25) is 4.90 Å². The molecule has 2 rings (SSSR count). The Bertz CT molecular complexity index is 324. The number of hydrogen-bond acceptors (Lipinski definition) is 4. The molecule has 1 aromatic heterocycles. The third-order valence-electron chi connectivity index (χ3n) is 3.79. The molecule has 1 aromatic rings. The molecule has 2 N–H and O–H groups in total. The highest BCUT2D eigenvalue weighted by atomic mass is 15.2. The summed E-state index contributed by atoms with van der Waals surface area (Å²) in [6.45, 7) is 12.2. The number of aromatic nitrogens is 2. The van der Waals surface area contributed by atoms with Gasteiger partial charge in [0, 0.05) is 51.7 Å². The Hall–Kier alpha value is -0.910. The molecule has 1 unspecified atom stereocenters. The molecule has 1 atom stereocenters. The number of hydrogen-bond donors (Lipinski definition) is 2. The SMILES string of the molecule is CCN1CCNCCN(C(C)c2ncc[nH]2)CC1. The average Bonchev–Trinajstić information content (AvgIpc) is 2.94. The minimum Gasteiger partial charge on any atom is -0.347 e. The average molecular weight is 251 g/mol. The van der Waals surface area contributed by atoms with Gasteiger partial charge in [-0.15, -0.1) is 0 Å². The first kappa shape index (κ1) is 13.5. The zero-order valence-corrected chi connectivity index (χ0v) is 11.5. The molecule has 0 aromatic carbocycles. The first-order valence-corrected chi connectivity index (χ1v) is 6.97. The highest BCUT2D eigenvalue weighted by Gasteiger charge is 2.19. The van der Waals surface area contributed by atoms with Crippen molar-refractivity contribution >= 4 is 0 Å². The van der Waals surface area contributed by atoms with Crippen LogP contribution >= 0.6 is 0 Å². The van der Waals surface area contributed by atoms with Crippen LogP contribution in [0.3, 0.4) is 0 Å². The van der Waals surface area contributed by atoms with E-state index in [1.54, 1.807) is 0 Å². The quantitative estimate of drug-likeness (QED) is 0.830. The molecule has 0 saturated carbocycles. The van der Waals surface area contributed by atoms with Crippen molar-refractivity contribution in [2.24, 2.45) is 0 Å². The summed E-state index contributed by atoms with van der Waals surface area (Å²) >= 11 is 0. The maximum atomic E-state index is 4.38. The smallest absolute Gasteiger partial charge is 0.123 e. The monoisotopic (exact) mass is 251 g/mol. The number of rotatable bonds is 3. The predicted molar refractivity (Wildman–Crippen MR) is 73.6 cm³/mol. The normalized spacial score (nSPS) is 22.1. The predicted octanol–water partition coefficient (Wildman–Crippen LogP) is 0.698. The largest absolute Gasteiger partial charge is 0.347 e. The molecule has 102 valence electrons. The molecule has 1 saturated heterocycles. The molecule has 0 spiro atoms. The van der Waals surface area contributed by atoms with Crippen molar-refractivity contribution in [3.63, 3.8) is 0 Å². The second-order valence-electron chi connectivity index (χ2n) is 4.87. The number of imidazole rings is 1. The molecule has 1 aliphatic heterocycles. The Kier molecular flexibility index (Phi) is 5.16. The van der Waals surface area contributed by atoms with Gasteiger partial charge in [-0.1, -0.05) is 6.92 Å². The van der Waals surface area contributed by atoms with Gasteiger partial charge in [0.2, 0.25) is 0 Å². The minimum atomic E-state index is 0.360. The fourth-order valence-corrected chi connectivity index (χ4v) is 2.46. The van der Waals surface area contributed by atoms with Crippen molar-refractivity contribution in [2.45, 2.75) is 19.9 Å². The zero-order chi connectivity index (χ0) is 12.8. The zero-order valence-electron chi connectivity index (χ0n) is 11.5. The Labute approximate surface area is 110 Å². The van der Waals surface area contributed by atoms with Gasteiger partial charge >= 0.3 is 0 Å². The molecule has 0 radical (unpaired) electrons. The van der Waals surface area contributed by atoms with Gasteiger partial charge in [-0.25, -0.2) is 4.98 Å². The maximum Gasteiger partial charge on any atom is 0.123 e. The van der Waals surface area contributed by atoms with E-state index in [9.17, 15) is 0 Å². The van der Waals surface area contributed by atoms with Crippen molar-refractivity contribution in [1.82, 2.24) is 25.1 Å². The van der Waals surface area contributed by atoms with Crippen LogP contribution in [0.5, 0.6) is 0 Å². The molecule has 5 heteroatoms. The van der Waals surface area contributed by atoms with Crippen LogP contribution < -0.4 is 5.32 Å². The lowest BCUT2D eigenvalue weighted by Crippen LogP contribution is -2.37. The van der Waals surface area contributed by atoms with Crippen LogP contribution in [0.4, 0.5) is 0 Å². The van der Waals surface area contributed by atoms with Crippen molar-refractivity contribution in [1.29, 1.82) is 0 Å². The van der Waals surface area contributed by atoms with E-state index < -0.39 is 0 Å². The lowest BCUT2D eigenvalue weighted by Gasteiger charge is -2.29. The number of aromatic amines is 1. The fourth-order valence-electron chi connectivity index (χ4n) is 2.46. The van der Waals surface area contributed by atoms with Crippen LogP contribution in [0.1, 0.15) is 25.7 Å². The number of nitrogens with one attached hydrogen (secondary N) is 2. The molecule has 1 aliphatic rings. The Balaban J connectivity index is 1.96. The Morgan fingerprint density at radius 1 is 1.28 bits per heavy atom. The van der Waals surface area contributed by atoms with Crippen LogP contribution in [0, 0.1) is 0 Å². The molecule has 0 amide bonds. The van der Waals surface area contributed by atoms with Crippen LogP contribution in [0.2, 0.25) is 0 Å². The van der Waals surface area contributed by atoms with Gasteiger partial charge in [0.25, 0.3) is 0 Å². The molecular formula is C13H25N5. The van der Waals surface area contributed by atoms with Crippen molar-refractivity contribution in [3.8, 4) is 0 Å². The van der Waals surface area contributed by atoms with Gasteiger partial charge in [0.05, 0.1) is 6.04 Å². The van der Waals surface area contributed by atoms with Crippen LogP contribution in [0.25, 0.3) is 0 Å². The second kappa shape index (κ2) is 6.87. The van der Waals surface area contributed by atoms with Gasteiger partial charge < -0.3 is 15.2 Å². The highest BCUT2D eigenvalue weighted by molar-refractivity contribution is 4.95. The summed E-state index contributed by atoms with van der Waals surface area (Å²) < 4.78 is 0. The Morgan fingerprint density at radius 2 is 2.11 bits per heavy atom. The molecule has 1 fully saturated rings. The molecule has 5 nitrogen and oxygen atoms in total. The van der Waals surface area contributed by atoms with E-state index >= 15 is 0 Å².